The molecule has 0 unspecified atom stereocenters. The van der Waals surface area contributed by atoms with Crippen LogP contribution in [0.4, 0.5) is 10.6 Å². The number of fused-ring (bicyclic) bond motifs is 1. The van der Waals surface area contributed by atoms with Crippen molar-refractivity contribution in [2.45, 2.75) is 19.3 Å². The number of aromatic nitrogens is 2. The number of ether oxygens (including phenoxy) is 1. The zero-order chi connectivity index (χ0) is 22.6. The largest absolute Gasteiger partial charge is 0.497 e. The maximum Gasteiger partial charge on any atom is 0.323 e. The number of methoxy groups -OCH3 is 1. The van der Waals surface area contributed by atoms with E-state index < -0.39 is 0 Å². The number of piperidine rings is 1. The Bertz CT molecular complexity index is 1240. The van der Waals surface area contributed by atoms with E-state index in [0.717, 1.165) is 60.1 Å². The van der Waals surface area contributed by atoms with Crippen LogP contribution >= 0.6 is 0 Å². The molecule has 1 fully saturated rings. The van der Waals surface area contributed by atoms with Gasteiger partial charge in [0, 0.05) is 18.5 Å². The van der Waals surface area contributed by atoms with E-state index in [1.165, 1.54) is 5.56 Å². The molecule has 1 aliphatic rings. The number of carbonyl (C=O) groups is 1. The average molecular weight is 441 g/mol. The number of amides is 2. The second kappa shape index (κ2) is 9.36. The highest BCUT2D eigenvalue weighted by Crippen LogP contribution is 2.29. The third-order valence-electron chi connectivity index (χ3n) is 6.46. The molecule has 0 radical (unpaired) electrons. The lowest BCUT2D eigenvalue weighted by Crippen LogP contribution is -2.41. The van der Waals surface area contributed by atoms with Crippen LogP contribution in [-0.2, 0) is 6.42 Å². The molecular formula is C27H28N4O2. The number of hydrogen-bond acceptors (Lipinski definition) is 3. The number of benzene rings is 3. The zero-order valence-electron chi connectivity index (χ0n) is 18.8. The standard InChI is InChI=1S/C27H28N4O2/c1-33-23-9-5-8-21(17-23)22-10-11-24-25(18-22)29-30-26(24)28-27(32)31-14-12-20(13-15-31)16-19-6-3-2-4-7-19/h2-11,17-18,20H,12-16H2,1H3,(H2,28,29,30,32). The van der Waals surface area contributed by atoms with Crippen molar-refractivity contribution in [2.75, 3.05) is 25.5 Å². The Morgan fingerprint density at radius 2 is 1.82 bits per heavy atom. The lowest BCUT2D eigenvalue weighted by Gasteiger charge is -2.31. The lowest BCUT2D eigenvalue weighted by atomic mass is 9.90. The summed E-state index contributed by atoms with van der Waals surface area (Å²) in [6, 6.07) is 24.5. The highest BCUT2D eigenvalue weighted by molar-refractivity contribution is 6.00. The molecule has 0 saturated carbocycles. The quantitative estimate of drug-likeness (QED) is 0.417. The molecule has 4 aromatic rings. The second-order valence-corrected chi connectivity index (χ2v) is 8.61. The van der Waals surface area contributed by atoms with Crippen molar-refractivity contribution in [3.05, 3.63) is 78.4 Å². The molecule has 3 aromatic carbocycles. The Morgan fingerprint density at radius 3 is 2.61 bits per heavy atom. The van der Waals surface area contributed by atoms with Gasteiger partial charge in [0.2, 0.25) is 0 Å². The molecule has 1 saturated heterocycles. The first-order chi connectivity index (χ1) is 16.2. The van der Waals surface area contributed by atoms with Gasteiger partial charge in [-0.2, -0.15) is 5.10 Å². The van der Waals surface area contributed by atoms with Crippen molar-refractivity contribution < 1.29 is 9.53 Å². The first-order valence-corrected chi connectivity index (χ1v) is 11.4. The van der Waals surface area contributed by atoms with Crippen molar-refractivity contribution >= 4 is 22.8 Å². The summed E-state index contributed by atoms with van der Waals surface area (Å²) >= 11 is 0. The van der Waals surface area contributed by atoms with Crippen LogP contribution in [0.1, 0.15) is 18.4 Å². The number of urea groups is 1. The Labute approximate surface area is 193 Å². The van der Waals surface area contributed by atoms with Crippen molar-refractivity contribution in [2.24, 2.45) is 5.92 Å². The number of nitrogens with zero attached hydrogens (tertiary/aromatic N) is 2. The predicted octanol–water partition coefficient (Wildman–Crippen LogP) is 5.73. The number of anilines is 1. The van der Waals surface area contributed by atoms with Crippen molar-refractivity contribution in [1.82, 2.24) is 15.1 Å². The molecule has 168 valence electrons. The Balaban J connectivity index is 1.22. The molecule has 5 rings (SSSR count). The lowest BCUT2D eigenvalue weighted by molar-refractivity contribution is 0.182. The normalized spacial score (nSPS) is 14.4. The fourth-order valence-electron chi connectivity index (χ4n) is 4.57. The van der Waals surface area contributed by atoms with Crippen LogP contribution in [0.5, 0.6) is 5.75 Å². The van der Waals surface area contributed by atoms with Crippen molar-refractivity contribution in [3.8, 4) is 16.9 Å². The molecular weight excluding hydrogens is 412 g/mol. The minimum atomic E-state index is -0.0848. The van der Waals surface area contributed by atoms with Crippen molar-refractivity contribution in [1.29, 1.82) is 0 Å². The average Bonchev–Trinajstić information content (AvgIpc) is 3.27. The van der Waals surface area contributed by atoms with Gasteiger partial charge in [-0.1, -0.05) is 48.5 Å². The van der Waals surface area contributed by atoms with Crippen LogP contribution in [0.25, 0.3) is 22.0 Å². The third kappa shape index (κ3) is 4.70. The van der Waals surface area contributed by atoms with Gasteiger partial charge in [0.25, 0.3) is 0 Å². The summed E-state index contributed by atoms with van der Waals surface area (Å²) in [4.78, 5) is 14.8. The van der Waals surface area contributed by atoms with Gasteiger partial charge < -0.3 is 9.64 Å². The van der Waals surface area contributed by atoms with Gasteiger partial charge >= 0.3 is 6.03 Å². The summed E-state index contributed by atoms with van der Waals surface area (Å²) < 4.78 is 5.33. The molecule has 1 aromatic heterocycles. The number of hydrogen-bond donors (Lipinski definition) is 2. The smallest absolute Gasteiger partial charge is 0.323 e. The summed E-state index contributed by atoms with van der Waals surface area (Å²) in [6.07, 6.45) is 3.12. The van der Waals surface area contributed by atoms with Gasteiger partial charge in [0.15, 0.2) is 5.82 Å². The van der Waals surface area contributed by atoms with Crippen LogP contribution in [0.2, 0.25) is 0 Å². The molecule has 0 aliphatic carbocycles. The topological polar surface area (TPSA) is 70.2 Å². The van der Waals surface area contributed by atoms with E-state index in [9.17, 15) is 4.79 Å². The molecule has 2 heterocycles. The van der Waals surface area contributed by atoms with Crippen LogP contribution < -0.4 is 10.1 Å². The minimum absolute atomic E-state index is 0.0848. The SMILES string of the molecule is COc1cccc(-c2ccc3c(NC(=O)N4CCC(Cc5ccccc5)CC4)n[nH]c3c2)c1. The second-order valence-electron chi connectivity index (χ2n) is 8.61. The van der Waals surface area contributed by atoms with Gasteiger partial charge in [0.1, 0.15) is 5.75 Å². The molecule has 0 atom stereocenters. The predicted molar refractivity (Wildman–Crippen MR) is 132 cm³/mol. The van der Waals surface area contributed by atoms with E-state index in [-0.39, 0.29) is 6.03 Å². The van der Waals surface area contributed by atoms with Crippen LogP contribution in [-0.4, -0.2) is 41.3 Å². The zero-order valence-corrected chi connectivity index (χ0v) is 18.8. The fourth-order valence-corrected chi connectivity index (χ4v) is 4.57. The van der Waals surface area contributed by atoms with Crippen molar-refractivity contribution in [3.63, 3.8) is 0 Å². The van der Waals surface area contributed by atoms with E-state index in [2.05, 4.69) is 45.8 Å². The molecule has 0 bridgehead atoms. The number of carbonyl (C=O) groups excluding carboxylic acids is 1. The van der Waals surface area contributed by atoms with E-state index in [0.29, 0.717) is 11.7 Å². The number of nitrogens with one attached hydrogen (secondary N) is 2. The Kier molecular flexibility index (Phi) is 5.98. The number of rotatable bonds is 5. The van der Waals surface area contributed by atoms with Gasteiger partial charge in [-0.05, 0) is 66.1 Å². The van der Waals surface area contributed by atoms with Crippen LogP contribution in [0.15, 0.2) is 72.8 Å². The number of H-pyrrole nitrogens is 1. The number of likely N-dealkylation sites (tertiary alicyclic amines) is 1. The summed E-state index contributed by atoms with van der Waals surface area (Å²) in [6.45, 7) is 1.54. The van der Waals surface area contributed by atoms with Gasteiger partial charge in [0.05, 0.1) is 12.6 Å². The Morgan fingerprint density at radius 1 is 1.03 bits per heavy atom. The molecule has 6 nitrogen and oxygen atoms in total. The summed E-state index contributed by atoms with van der Waals surface area (Å²) in [5.74, 6) is 2.01. The molecule has 33 heavy (non-hydrogen) atoms. The third-order valence-corrected chi connectivity index (χ3v) is 6.46. The van der Waals surface area contributed by atoms with Gasteiger partial charge in [-0.25, -0.2) is 4.79 Å². The molecule has 2 amide bonds. The summed E-state index contributed by atoms with van der Waals surface area (Å²) in [5, 5.41) is 11.3. The van der Waals surface area contributed by atoms with Crippen LogP contribution in [0.3, 0.4) is 0 Å². The minimum Gasteiger partial charge on any atom is -0.497 e. The van der Waals surface area contributed by atoms with Gasteiger partial charge in [-0.3, -0.25) is 10.4 Å². The van der Waals surface area contributed by atoms with E-state index >= 15 is 0 Å². The first kappa shape index (κ1) is 21.1. The van der Waals surface area contributed by atoms with E-state index in [1.54, 1.807) is 7.11 Å². The highest BCUT2D eigenvalue weighted by Gasteiger charge is 2.24. The highest BCUT2D eigenvalue weighted by atomic mass is 16.5. The molecule has 2 N–H and O–H groups in total. The first-order valence-electron chi connectivity index (χ1n) is 11.4. The van der Waals surface area contributed by atoms with Crippen LogP contribution in [0, 0.1) is 5.92 Å². The molecule has 6 heteroatoms. The van der Waals surface area contributed by atoms with E-state index in [1.807, 2.05) is 47.4 Å². The monoisotopic (exact) mass is 440 g/mol. The maximum absolute atomic E-state index is 12.9. The van der Waals surface area contributed by atoms with E-state index in [4.69, 9.17) is 4.74 Å². The summed E-state index contributed by atoms with van der Waals surface area (Å²) in [5.41, 5.74) is 4.38. The summed E-state index contributed by atoms with van der Waals surface area (Å²) in [7, 11) is 1.66. The maximum atomic E-state index is 12.9. The van der Waals surface area contributed by atoms with Gasteiger partial charge in [-0.15, -0.1) is 0 Å². The molecule has 1 aliphatic heterocycles. The molecule has 0 spiro atoms. The Hall–Kier alpha value is -3.80. The fraction of sp³-hybridized carbons (Fsp3) is 0.259. The number of aromatic amines is 1.